The summed E-state index contributed by atoms with van der Waals surface area (Å²) in [7, 11) is -1.44. The molecule has 2 fully saturated rings. The zero-order chi connectivity index (χ0) is 12.0. The van der Waals surface area contributed by atoms with Gasteiger partial charge in [0.25, 0.3) is 5.91 Å². The summed E-state index contributed by atoms with van der Waals surface area (Å²) < 4.78 is 0. The lowest BCUT2D eigenvalue weighted by Gasteiger charge is -2.24. The van der Waals surface area contributed by atoms with Crippen LogP contribution in [0.4, 0.5) is 4.79 Å². The van der Waals surface area contributed by atoms with E-state index in [0.717, 1.165) is 17.9 Å². The molecule has 0 aliphatic carbocycles. The molecule has 0 unspecified atom stereocenters. The van der Waals surface area contributed by atoms with E-state index in [4.69, 9.17) is 0 Å². The standard InChI is InChI=1S/C10H18N2O2SSi/c1-16(2,3)7-12-8(13)10(11-9(12)14)4-5-15-6-10/h4-7H2,1-3H3,(H,11,14)/t10-/m1/s1. The second-order valence-electron chi connectivity index (χ2n) is 5.77. The van der Waals surface area contributed by atoms with E-state index < -0.39 is 13.6 Å². The van der Waals surface area contributed by atoms with Crippen LogP contribution in [0.5, 0.6) is 0 Å². The molecule has 16 heavy (non-hydrogen) atoms. The van der Waals surface area contributed by atoms with Crippen molar-refractivity contribution in [1.82, 2.24) is 10.2 Å². The van der Waals surface area contributed by atoms with Gasteiger partial charge in [0, 0.05) is 11.9 Å². The highest BCUT2D eigenvalue weighted by Crippen LogP contribution is 2.33. The molecule has 1 spiro atoms. The van der Waals surface area contributed by atoms with Gasteiger partial charge in [0.15, 0.2) is 0 Å². The summed E-state index contributed by atoms with van der Waals surface area (Å²) >= 11 is 1.75. The van der Waals surface area contributed by atoms with Gasteiger partial charge in [0.1, 0.15) is 5.54 Å². The average Bonchev–Trinajstić information content (AvgIpc) is 2.68. The largest absolute Gasteiger partial charge is 0.324 e. The van der Waals surface area contributed by atoms with Crippen LogP contribution in [0.2, 0.25) is 19.6 Å². The maximum absolute atomic E-state index is 12.3. The molecule has 0 radical (unpaired) electrons. The van der Waals surface area contributed by atoms with E-state index in [-0.39, 0.29) is 11.9 Å². The summed E-state index contributed by atoms with van der Waals surface area (Å²) in [4.78, 5) is 25.5. The Labute approximate surface area is 101 Å². The van der Waals surface area contributed by atoms with E-state index in [1.165, 1.54) is 4.90 Å². The SMILES string of the molecule is C[Si](C)(C)CN1C(=O)N[C@@]2(CCSC2)C1=O. The Morgan fingerprint density at radius 1 is 1.44 bits per heavy atom. The molecule has 4 nitrogen and oxygen atoms in total. The van der Waals surface area contributed by atoms with Gasteiger partial charge in [-0.1, -0.05) is 19.6 Å². The van der Waals surface area contributed by atoms with E-state index in [9.17, 15) is 9.59 Å². The minimum atomic E-state index is -1.44. The molecular weight excluding hydrogens is 240 g/mol. The molecule has 0 aromatic heterocycles. The van der Waals surface area contributed by atoms with Crippen molar-refractivity contribution in [2.45, 2.75) is 31.6 Å². The van der Waals surface area contributed by atoms with Crippen LogP contribution in [0, 0.1) is 0 Å². The van der Waals surface area contributed by atoms with Crippen molar-refractivity contribution in [3.8, 4) is 0 Å². The molecule has 2 aliphatic heterocycles. The van der Waals surface area contributed by atoms with Crippen molar-refractivity contribution in [3.05, 3.63) is 0 Å². The first-order valence-electron chi connectivity index (χ1n) is 5.56. The quantitative estimate of drug-likeness (QED) is 0.600. The highest BCUT2D eigenvalue weighted by molar-refractivity contribution is 7.99. The third-order valence-corrected chi connectivity index (χ3v) is 5.35. The first-order chi connectivity index (χ1) is 7.34. The van der Waals surface area contributed by atoms with E-state index in [1.54, 1.807) is 11.8 Å². The van der Waals surface area contributed by atoms with Crippen LogP contribution in [0.25, 0.3) is 0 Å². The molecular formula is C10H18N2O2SSi. The fourth-order valence-electron chi connectivity index (χ4n) is 2.13. The summed E-state index contributed by atoms with van der Waals surface area (Å²) in [6, 6.07) is -0.185. The molecule has 0 saturated carbocycles. The Morgan fingerprint density at radius 2 is 2.12 bits per heavy atom. The number of rotatable bonds is 2. The second-order valence-corrected chi connectivity index (χ2v) is 12.3. The number of carbonyl (C=O) groups excluding carboxylic acids is 2. The molecule has 2 aliphatic rings. The number of imide groups is 1. The van der Waals surface area contributed by atoms with Crippen LogP contribution in [0.3, 0.4) is 0 Å². The third-order valence-electron chi connectivity index (χ3n) is 2.90. The molecule has 90 valence electrons. The maximum atomic E-state index is 12.3. The molecule has 1 N–H and O–H groups in total. The van der Waals surface area contributed by atoms with E-state index in [2.05, 4.69) is 25.0 Å². The van der Waals surface area contributed by atoms with Gasteiger partial charge in [-0.05, 0) is 12.2 Å². The third kappa shape index (κ3) is 2.00. The van der Waals surface area contributed by atoms with Crippen molar-refractivity contribution >= 4 is 31.8 Å². The molecule has 0 bridgehead atoms. The smallest absolute Gasteiger partial charge is 0.322 e. The number of urea groups is 1. The van der Waals surface area contributed by atoms with Gasteiger partial charge in [-0.25, -0.2) is 4.79 Å². The van der Waals surface area contributed by atoms with Crippen LogP contribution < -0.4 is 5.32 Å². The number of nitrogens with zero attached hydrogens (tertiary/aromatic N) is 1. The number of carbonyl (C=O) groups is 2. The maximum Gasteiger partial charge on any atom is 0.324 e. The van der Waals surface area contributed by atoms with Gasteiger partial charge in [0.05, 0.1) is 8.07 Å². The lowest BCUT2D eigenvalue weighted by Crippen LogP contribution is -2.48. The minimum Gasteiger partial charge on any atom is -0.322 e. The Hall–Kier alpha value is -0.493. The number of amides is 3. The number of thioether (sulfide) groups is 1. The minimum absolute atomic E-state index is 0.00456. The molecule has 1 atom stereocenters. The van der Waals surface area contributed by atoms with E-state index in [1.807, 2.05) is 0 Å². The lowest BCUT2D eigenvalue weighted by molar-refractivity contribution is -0.129. The van der Waals surface area contributed by atoms with Crippen LogP contribution in [-0.2, 0) is 4.79 Å². The van der Waals surface area contributed by atoms with Crippen LogP contribution in [-0.4, -0.2) is 48.1 Å². The highest BCUT2D eigenvalue weighted by atomic mass is 32.2. The summed E-state index contributed by atoms with van der Waals surface area (Å²) in [5.74, 6) is 1.71. The van der Waals surface area contributed by atoms with Gasteiger partial charge in [-0.15, -0.1) is 0 Å². The average molecular weight is 258 g/mol. The summed E-state index contributed by atoms with van der Waals surface area (Å²) in [6.07, 6.45) is 1.41. The van der Waals surface area contributed by atoms with Crippen LogP contribution in [0.1, 0.15) is 6.42 Å². The van der Waals surface area contributed by atoms with Crippen molar-refractivity contribution in [3.63, 3.8) is 0 Å². The van der Waals surface area contributed by atoms with Crippen molar-refractivity contribution < 1.29 is 9.59 Å². The van der Waals surface area contributed by atoms with Gasteiger partial charge in [0.2, 0.25) is 0 Å². The number of hydrogen-bond acceptors (Lipinski definition) is 3. The molecule has 3 amide bonds. The fourth-order valence-corrected chi connectivity index (χ4v) is 4.69. The van der Waals surface area contributed by atoms with E-state index >= 15 is 0 Å². The Morgan fingerprint density at radius 3 is 2.62 bits per heavy atom. The highest BCUT2D eigenvalue weighted by Gasteiger charge is 2.53. The van der Waals surface area contributed by atoms with Crippen molar-refractivity contribution in [2.24, 2.45) is 0 Å². The molecule has 2 heterocycles. The molecule has 6 heteroatoms. The monoisotopic (exact) mass is 258 g/mol. The summed E-state index contributed by atoms with van der Waals surface area (Å²) in [5.41, 5.74) is -0.568. The fraction of sp³-hybridized carbons (Fsp3) is 0.800. The Kier molecular flexibility index (Phi) is 2.82. The molecule has 0 aromatic rings. The number of hydrogen-bond donors (Lipinski definition) is 1. The molecule has 2 rings (SSSR count). The van der Waals surface area contributed by atoms with Crippen molar-refractivity contribution in [1.29, 1.82) is 0 Å². The first kappa shape index (κ1) is 12.0. The van der Waals surface area contributed by atoms with E-state index in [0.29, 0.717) is 6.17 Å². The predicted molar refractivity (Wildman–Crippen MR) is 68.3 cm³/mol. The topological polar surface area (TPSA) is 49.4 Å². The lowest BCUT2D eigenvalue weighted by atomic mass is 10.00. The van der Waals surface area contributed by atoms with Gasteiger partial charge >= 0.3 is 6.03 Å². The van der Waals surface area contributed by atoms with Crippen LogP contribution >= 0.6 is 11.8 Å². The second kappa shape index (κ2) is 3.77. The molecule has 0 aromatic carbocycles. The number of nitrogens with one attached hydrogen (secondary N) is 1. The summed E-state index contributed by atoms with van der Waals surface area (Å²) in [6.45, 7) is 6.51. The van der Waals surface area contributed by atoms with Gasteiger partial charge in [-0.2, -0.15) is 11.8 Å². The molecule has 2 saturated heterocycles. The van der Waals surface area contributed by atoms with Crippen LogP contribution in [0.15, 0.2) is 0 Å². The summed E-state index contributed by atoms with van der Waals surface area (Å²) in [5, 5.41) is 2.89. The first-order valence-corrected chi connectivity index (χ1v) is 10.4. The Bertz CT molecular complexity index is 334. The zero-order valence-electron chi connectivity index (χ0n) is 10.0. The normalized spacial score (nSPS) is 30.3. The Balaban J connectivity index is 2.17. The van der Waals surface area contributed by atoms with Crippen molar-refractivity contribution in [2.75, 3.05) is 17.7 Å². The van der Waals surface area contributed by atoms with Gasteiger partial charge < -0.3 is 5.32 Å². The zero-order valence-corrected chi connectivity index (χ0v) is 11.8. The predicted octanol–water partition coefficient (Wildman–Crippen LogP) is 1.29. The van der Waals surface area contributed by atoms with Gasteiger partial charge in [-0.3, -0.25) is 9.69 Å².